The third-order valence-electron chi connectivity index (χ3n) is 2.35. The zero-order valence-electron chi connectivity index (χ0n) is 10.3. The topological polar surface area (TPSA) is 78.2 Å². The van der Waals surface area contributed by atoms with Crippen LogP contribution in [0.3, 0.4) is 0 Å². The van der Waals surface area contributed by atoms with Crippen molar-refractivity contribution in [2.45, 2.75) is 13.5 Å². The van der Waals surface area contributed by atoms with Crippen LogP contribution in [0.1, 0.15) is 11.5 Å². The van der Waals surface area contributed by atoms with E-state index in [-0.39, 0.29) is 12.3 Å². The van der Waals surface area contributed by atoms with E-state index in [1.54, 1.807) is 19.1 Å². The van der Waals surface area contributed by atoms with Crippen LogP contribution in [0, 0.1) is 17.0 Å². The van der Waals surface area contributed by atoms with Gasteiger partial charge in [0, 0.05) is 11.8 Å². The van der Waals surface area contributed by atoms with Gasteiger partial charge in [0.25, 0.3) is 5.69 Å². The Kier molecular flexibility index (Phi) is 4.51. The highest BCUT2D eigenvalue weighted by Gasteiger charge is 2.11. The van der Waals surface area contributed by atoms with Crippen LogP contribution in [0.5, 0.6) is 5.75 Å². The molecule has 104 valence electrons. The highest BCUT2D eigenvalue weighted by Crippen LogP contribution is 2.29. The van der Waals surface area contributed by atoms with Crippen molar-refractivity contribution in [2.75, 3.05) is 0 Å². The van der Waals surface area contributed by atoms with Crippen LogP contribution in [0.2, 0.25) is 5.15 Å². The van der Waals surface area contributed by atoms with Gasteiger partial charge in [-0.2, -0.15) is 0 Å². The lowest BCUT2D eigenvalue weighted by Gasteiger charge is -2.07. The molecule has 2 rings (SSSR count). The van der Waals surface area contributed by atoms with Gasteiger partial charge in [-0.15, -0.1) is 0 Å². The van der Waals surface area contributed by atoms with Crippen molar-refractivity contribution in [3.8, 4) is 5.75 Å². The van der Waals surface area contributed by atoms with Crippen molar-refractivity contribution < 1.29 is 9.66 Å². The number of nitro groups is 1. The molecule has 0 unspecified atom stereocenters. The Balaban J connectivity index is 2.18. The molecule has 2 aromatic rings. The van der Waals surface area contributed by atoms with Crippen LogP contribution in [0.25, 0.3) is 0 Å². The Morgan fingerprint density at radius 1 is 1.40 bits per heavy atom. The number of hydrogen-bond acceptors (Lipinski definition) is 5. The molecule has 0 spiro atoms. The van der Waals surface area contributed by atoms with Crippen molar-refractivity contribution in [2.24, 2.45) is 0 Å². The summed E-state index contributed by atoms with van der Waals surface area (Å²) in [5.41, 5.74) is 0.674. The maximum absolute atomic E-state index is 10.7. The minimum Gasteiger partial charge on any atom is -0.484 e. The van der Waals surface area contributed by atoms with E-state index < -0.39 is 4.92 Å². The molecule has 0 aliphatic heterocycles. The molecule has 0 fully saturated rings. The third kappa shape index (κ3) is 3.64. The normalized spacial score (nSPS) is 10.3. The molecular weight excluding hydrogens is 350 g/mol. The fourth-order valence-corrected chi connectivity index (χ4v) is 2.13. The van der Waals surface area contributed by atoms with Gasteiger partial charge in [0.1, 0.15) is 17.5 Å². The minimum atomic E-state index is -0.487. The first-order valence-corrected chi connectivity index (χ1v) is 6.69. The van der Waals surface area contributed by atoms with Gasteiger partial charge >= 0.3 is 0 Å². The van der Waals surface area contributed by atoms with E-state index in [2.05, 4.69) is 25.9 Å². The average molecular weight is 359 g/mol. The number of halogens is 2. The largest absolute Gasteiger partial charge is 0.484 e. The molecular formula is C12H9BrClN3O3. The molecule has 0 aliphatic rings. The Hall–Kier alpha value is -1.73. The van der Waals surface area contributed by atoms with E-state index in [9.17, 15) is 10.1 Å². The molecule has 0 bridgehead atoms. The number of nitro benzene ring substituents is 1. The summed E-state index contributed by atoms with van der Waals surface area (Å²) in [5, 5.41) is 11.0. The number of aromatic nitrogens is 2. The second-order valence-corrected chi connectivity index (χ2v) is 5.15. The second kappa shape index (κ2) is 6.15. The van der Waals surface area contributed by atoms with E-state index >= 15 is 0 Å². The van der Waals surface area contributed by atoms with Crippen LogP contribution in [-0.4, -0.2) is 14.9 Å². The van der Waals surface area contributed by atoms with Gasteiger partial charge in [-0.3, -0.25) is 10.1 Å². The monoisotopic (exact) mass is 357 g/mol. The van der Waals surface area contributed by atoms with Crippen LogP contribution in [0.15, 0.2) is 28.7 Å². The third-order valence-corrected chi connectivity index (χ3v) is 3.20. The number of benzene rings is 1. The Labute approximate surface area is 128 Å². The van der Waals surface area contributed by atoms with Gasteiger partial charge in [0.15, 0.2) is 5.82 Å². The first-order chi connectivity index (χ1) is 9.45. The van der Waals surface area contributed by atoms with Crippen molar-refractivity contribution in [3.05, 3.63) is 55.5 Å². The van der Waals surface area contributed by atoms with Crippen molar-refractivity contribution in [1.82, 2.24) is 9.97 Å². The van der Waals surface area contributed by atoms with Crippen LogP contribution < -0.4 is 4.74 Å². The zero-order chi connectivity index (χ0) is 14.7. The molecule has 0 N–H and O–H groups in total. The van der Waals surface area contributed by atoms with Gasteiger partial charge in [0.05, 0.1) is 15.5 Å². The summed E-state index contributed by atoms with van der Waals surface area (Å²) in [6.45, 7) is 1.86. The molecule has 0 aliphatic carbocycles. The van der Waals surface area contributed by atoms with Gasteiger partial charge in [-0.25, -0.2) is 9.97 Å². The number of hydrogen-bond donors (Lipinski definition) is 0. The van der Waals surface area contributed by atoms with Crippen LogP contribution in [0.4, 0.5) is 5.69 Å². The van der Waals surface area contributed by atoms with Gasteiger partial charge in [0.2, 0.25) is 0 Å². The lowest BCUT2D eigenvalue weighted by molar-refractivity contribution is -0.385. The van der Waals surface area contributed by atoms with Gasteiger partial charge < -0.3 is 4.74 Å². The molecule has 0 saturated heterocycles. The summed E-state index contributed by atoms with van der Waals surface area (Å²) in [7, 11) is 0. The zero-order valence-corrected chi connectivity index (χ0v) is 12.7. The summed E-state index contributed by atoms with van der Waals surface area (Å²) < 4.78 is 6.10. The molecule has 8 heteroatoms. The first-order valence-electron chi connectivity index (χ1n) is 5.52. The summed E-state index contributed by atoms with van der Waals surface area (Å²) in [6, 6.07) is 5.91. The molecule has 1 aromatic heterocycles. The highest BCUT2D eigenvalue weighted by atomic mass is 79.9. The van der Waals surface area contributed by atoms with E-state index in [0.717, 1.165) is 5.69 Å². The van der Waals surface area contributed by atoms with E-state index in [1.165, 1.54) is 12.1 Å². The molecule has 0 radical (unpaired) electrons. The maximum atomic E-state index is 10.7. The molecule has 0 saturated carbocycles. The number of ether oxygens (including phenoxy) is 1. The fourth-order valence-electron chi connectivity index (χ4n) is 1.51. The van der Waals surface area contributed by atoms with E-state index in [0.29, 0.717) is 21.2 Å². The lowest BCUT2D eigenvalue weighted by Crippen LogP contribution is -2.03. The summed E-state index contributed by atoms with van der Waals surface area (Å²) >= 11 is 9.09. The Morgan fingerprint density at radius 3 is 2.80 bits per heavy atom. The summed E-state index contributed by atoms with van der Waals surface area (Å²) in [5.74, 6) is 0.758. The Bertz CT molecular complexity index is 646. The molecule has 1 heterocycles. The number of nitrogens with zero attached hydrogens (tertiary/aromatic N) is 3. The van der Waals surface area contributed by atoms with Crippen molar-refractivity contribution in [1.29, 1.82) is 0 Å². The molecule has 0 amide bonds. The quantitative estimate of drug-likeness (QED) is 0.473. The maximum Gasteiger partial charge on any atom is 0.273 e. The first kappa shape index (κ1) is 14.7. The van der Waals surface area contributed by atoms with Crippen LogP contribution >= 0.6 is 27.5 Å². The molecule has 6 nitrogen and oxygen atoms in total. The van der Waals surface area contributed by atoms with E-state index in [1.807, 2.05) is 0 Å². The number of non-ortho nitro benzene ring substituents is 1. The Morgan fingerprint density at radius 2 is 2.15 bits per heavy atom. The van der Waals surface area contributed by atoms with Crippen molar-refractivity contribution in [3.63, 3.8) is 0 Å². The fraction of sp³-hybridized carbons (Fsp3) is 0.167. The second-order valence-electron chi connectivity index (χ2n) is 3.91. The van der Waals surface area contributed by atoms with Gasteiger partial charge in [-0.1, -0.05) is 11.6 Å². The summed E-state index contributed by atoms with van der Waals surface area (Å²) in [6.07, 6.45) is 0. The molecule has 0 atom stereocenters. The number of rotatable bonds is 4. The molecule has 1 aromatic carbocycles. The average Bonchev–Trinajstić information content (AvgIpc) is 2.36. The SMILES string of the molecule is Cc1cc(Cl)nc(COc2cc([N+](=O)[O-])ccc2Br)n1. The highest BCUT2D eigenvalue weighted by molar-refractivity contribution is 9.10. The molecule has 20 heavy (non-hydrogen) atoms. The standard InChI is InChI=1S/C12H9BrClN3O3/c1-7-4-11(14)16-12(15-7)6-20-10-5-8(17(18)19)2-3-9(10)13/h2-5H,6H2,1H3. The van der Waals surface area contributed by atoms with E-state index in [4.69, 9.17) is 16.3 Å². The predicted molar refractivity (Wildman–Crippen MR) is 76.9 cm³/mol. The number of aryl methyl sites for hydroxylation is 1. The van der Waals surface area contributed by atoms with Crippen LogP contribution in [-0.2, 0) is 6.61 Å². The van der Waals surface area contributed by atoms with Gasteiger partial charge in [-0.05, 0) is 35.0 Å². The van der Waals surface area contributed by atoms with Crippen molar-refractivity contribution >= 4 is 33.2 Å². The lowest BCUT2D eigenvalue weighted by atomic mass is 10.3. The summed E-state index contributed by atoms with van der Waals surface area (Å²) in [4.78, 5) is 18.4. The smallest absolute Gasteiger partial charge is 0.273 e. The minimum absolute atomic E-state index is 0.0496. The predicted octanol–water partition coefficient (Wildman–Crippen LogP) is 3.69.